The van der Waals surface area contributed by atoms with Gasteiger partial charge in [0.2, 0.25) is 17.6 Å². The molecule has 0 saturated carbocycles. The minimum Gasteiger partial charge on any atom is -0.354 e. The zero-order chi connectivity index (χ0) is 17.5. The largest absolute Gasteiger partial charge is 0.354 e. The zero-order valence-electron chi connectivity index (χ0n) is 15.0. The Morgan fingerprint density at radius 2 is 1.92 bits per heavy atom. The lowest BCUT2D eigenvalue weighted by atomic mass is 10.0. The Hall–Kier alpha value is -2.17. The molecule has 0 spiro atoms. The Bertz CT molecular complexity index is 647. The molecule has 0 bridgehead atoms. The van der Waals surface area contributed by atoms with Gasteiger partial charge in [-0.3, -0.25) is 4.79 Å². The van der Waals surface area contributed by atoms with Crippen molar-refractivity contribution in [1.82, 2.24) is 15.5 Å². The number of hydrogen-bond donors (Lipinski definition) is 1. The predicted molar refractivity (Wildman–Crippen MR) is 94.7 cm³/mol. The van der Waals surface area contributed by atoms with Crippen molar-refractivity contribution in [2.24, 2.45) is 0 Å². The molecule has 1 aromatic carbocycles. The third-order valence-electron chi connectivity index (χ3n) is 4.00. The van der Waals surface area contributed by atoms with E-state index in [0.29, 0.717) is 30.5 Å². The van der Waals surface area contributed by atoms with Gasteiger partial charge in [-0.1, -0.05) is 56.6 Å². The van der Waals surface area contributed by atoms with Gasteiger partial charge in [0.15, 0.2) is 0 Å². The molecule has 0 aliphatic rings. The van der Waals surface area contributed by atoms with Crippen molar-refractivity contribution in [2.75, 3.05) is 0 Å². The van der Waals surface area contributed by atoms with Gasteiger partial charge in [0.1, 0.15) is 0 Å². The third kappa shape index (κ3) is 5.18. The Labute approximate surface area is 143 Å². The molecule has 5 nitrogen and oxygen atoms in total. The van der Waals surface area contributed by atoms with E-state index < -0.39 is 0 Å². The highest BCUT2D eigenvalue weighted by atomic mass is 16.5. The number of benzene rings is 1. The number of carbonyl (C=O) groups excluding carboxylic acids is 1. The monoisotopic (exact) mass is 329 g/mol. The van der Waals surface area contributed by atoms with Crippen LogP contribution in [-0.4, -0.2) is 22.1 Å². The van der Waals surface area contributed by atoms with Crippen molar-refractivity contribution < 1.29 is 9.32 Å². The van der Waals surface area contributed by atoms with E-state index in [-0.39, 0.29) is 11.9 Å². The summed E-state index contributed by atoms with van der Waals surface area (Å²) in [4.78, 5) is 16.3. The van der Waals surface area contributed by atoms with Crippen LogP contribution in [0.2, 0.25) is 0 Å². The molecular formula is C19H27N3O2. The maximum atomic E-state index is 11.9. The van der Waals surface area contributed by atoms with Crippen LogP contribution < -0.4 is 5.32 Å². The second-order valence-electron chi connectivity index (χ2n) is 6.55. The molecular weight excluding hydrogens is 302 g/mol. The van der Waals surface area contributed by atoms with Gasteiger partial charge in [-0.2, -0.15) is 4.98 Å². The Morgan fingerprint density at radius 3 is 2.54 bits per heavy atom. The molecule has 0 aliphatic carbocycles. The SMILES string of the molecule is CCCC(C)NC(=O)CCc1nc(-c2ccc(C(C)C)cc2)no1. The van der Waals surface area contributed by atoms with Crippen LogP contribution >= 0.6 is 0 Å². The van der Waals surface area contributed by atoms with Crippen LogP contribution in [0.25, 0.3) is 11.4 Å². The summed E-state index contributed by atoms with van der Waals surface area (Å²) < 4.78 is 5.26. The topological polar surface area (TPSA) is 68.0 Å². The van der Waals surface area contributed by atoms with E-state index in [1.807, 2.05) is 19.1 Å². The molecule has 1 aromatic heterocycles. The molecule has 1 heterocycles. The summed E-state index contributed by atoms with van der Waals surface area (Å²) in [5.74, 6) is 1.58. The summed E-state index contributed by atoms with van der Waals surface area (Å²) in [6.45, 7) is 8.45. The van der Waals surface area contributed by atoms with Crippen LogP contribution in [0, 0.1) is 0 Å². The highest BCUT2D eigenvalue weighted by molar-refractivity contribution is 5.76. The lowest BCUT2D eigenvalue weighted by Crippen LogP contribution is -2.32. The van der Waals surface area contributed by atoms with E-state index >= 15 is 0 Å². The molecule has 1 amide bonds. The number of nitrogens with one attached hydrogen (secondary N) is 1. The number of amides is 1. The van der Waals surface area contributed by atoms with Crippen molar-refractivity contribution in [3.8, 4) is 11.4 Å². The highest BCUT2D eigenvalue weighted by Crippen LogP contribution is 2.20. The molecule has 2 rings (SSSR count). The molecule has 1 unspecified atom stereocenters. The molecule has 1 atom stereocenters. The third-order valence-corrected chi connectivity index (χ3v) is 4.00. The molecule has 2 aromatic rings. The lowest BCUT2D eigenvalue weighted by molar-refractivity contribution is -0.121. The number of aromatic nitrogens is 2. The minimum atomic E-state index is 0.0250. The summed E-state index contributed by atoms with van der Waals surface area (Å²) in [6, 6.07) is 8.38. The maximum Gasteiger partial charge on any atom is 0.227 e. The van der Waals surface area contributed by atoms with Crippen molar-refractivity contribution in [3.63, 3.8) is 0 Å². The predicted octanol–water partition coefficient (Wildman–Crippen LogP) is 4.10. The number of nitrogens with zero attached hydrogens (tertiary/aromatic N) is 2. The van der Waals surface area contributed by atoms with Gasteiger partial charge in [0.25, 0.3) is 0 Å². The number of rotatable bonds is 8. The first-order valence-electron chi connectivity index (χ1n) is 8.71. The Kier molecular flexibility index (Phi) is 6.53. The fourth-order valence-corrected chi connectivity index (χ4v) is 2.56. The fraction of sp³-hybridized carbons (Fsp3) is 0.526. The number of aryl methyl sites for hydroxylation is 1. The van der Waals surface area contributed by atoms with Crippen LogP contribution in [0.1, 0.15) is 64.3 Å². The quantitative estimate of drug-likeness (QED) is 0.792. The van der Waals surface area contributed by atoms with Gasteiger partial charge in [-0.25, -0.2) is 0 Å². The van der Waals surface area contributed by atoms with Crippen LogP contribution in [0.5, 0.6) is 0 Å². The van der Waals surface area contributed by atoms with Gasteiger partial charge >= 0.3 is 0 Å². The first kappa shape index (κ1) is 18.2. The van der Waals surface area contributed by atoms with E-state index in [1.54, 1.807) is 0 Å². The Morgan fingerprint density at radius 1 is 1.21 bits per heavy atom. The standard InChI is InChI=1S/C19H27N3O2/c1-5-6-14(4)20-17(23)11-12-18-21-19(22-24-18)16-9-7-15(8-10-16)13(2)3/h7-10,13-14H,5-6,11-12H2,1-4H3,(H,20,23). The van der Waals surface area contributed by atoms with Gasteiger partial charge in [-0.05, 0) is 24.8 Å². The van der Waals surface area contributed by atoms with Gasteiger partial charge in [0.05, 0.1) is 0 Å². The van der Waals surface area contributed by atoms with E-state index in [2.05, 4.69) is 48.4 Å². The maximum absolute atomic E-state index is 11.9. The van der Waals surface area contributed by atoms with Crippen LogP contribution in [0.4, 0.5) is 0 Å². The molecule has 0 aliphatic heterocycles. The molecule has 0 saturated heterocycles. The van der Waals surface area contributed by atoms with Crippen LogP contribution in [0.3, 0.4) is 0 Å². The molecule has 1 N–H and O–H groups in total. The number of carbonyl (C=O) groups is 1. The normalized spacial score (nSPS) is 12.4. The summed E-state index contributed by atoms with van der Waals surface area (Å²) in [6.07, 6.45) is 2.87. The van der Waals surface area contributed by atoms with E-state index in [0.717, 1.165) is 18.4 Å². The van der Waals surface area contributed by atoms with Crippen molar-refractivity contribution >= 4 is 5.91 Å². The highest BCUT2D eigenvalue weighted by Gasteiger charge is 2.12. The average Bonchev–Trinajstić information content (AvgIpc) is 3.02. The average molecular weight is 329 g/mol. The zero-order valence-corrected chi connectivity index (χ0v) is 15.0. The van der Waals surface area contributed by atoms with E-state index in [4.69, 9.17) is 4.52 Å². The molecule has 5 heteroatoms. The van der Waals surface area contributed by atoms with Crippen molar-refractivity contribution in [1.29, 1.82) is 0 Å². The van der Waals surface area contributed by atoms with E-state index in [9.17, 15) is 4.79 Å². The van der Waals surface area contributed by atoms with Crippen molar-refractivity contribution in [2.45, 2.75) is 65.3 Å². The Balaban J connectivity index is 1.90. The summed E-state index contributed by atoms with van der Waals surface area (Å²) >= 11 is 0. The number of hydrogen-bond acceptors (Lipinski definition) is 4. The first-order valence-corrected chi connectivity index (χ1v) is 8.71. The summed E-state index contributed by atoms with van der Waals surface area (Å²) in [5, 5.41) is 6.99. The van der Waals surface area contributed by atoms with Crippen LogP contribution in [0.15, 0.2) is 28.8 Å². The summed E-state index contributed by atoms with van der Waals surface area (Å²) in [5.41, 5.74) is 2.20. The molecule has 130 valence electrons. The smallest absolute Gasteiger partial charge is 0.227 e. The minimum absolute atomic E-state index is 0.0250. The molecule has 24 heavy (non-hydrogen) atoms. The first-order chi connectivity index (χ1) is 11.5. The summed E-state index contributed by atoms with van der Waals surface area (Å²) in [7, 11) is 0. The van der Waals surface area contributed by atoms with Gasteiger partial charge < -0.3 is 9.84 Å². The second-order valence-corrected chi connectivity index (χ2v) is 6.55. The van der Waals surface area contributed by atoms with Gasteiger partial charge in [-0.15, -0.1) is 0 Å². The van der Waals surface area contributed by atoms with Crippen LogP contribution in [-0.2, 0) is 11.2 Å². The molecule has 0 radical (unpaired) electrons. The van der Waals surface area contributed by atoms with E-state index in [1.165, 1.54) is 5.56 Å². The molecule has 0 fully saturated rings. The lowest BCUT2D eigenvalue weighted by Gasteiger charge is -2.11. The fourth-order valence-electron chi connectivity index (χ4n) is 2.56. The van der Waals surface area contributed by atoms with Gasteiger partial charge in [0, 0.05) is 24.4 Å². The second kappa shape index (κ2) is 8.62. The van der Waals surface area contributed by atoms with Crippen molar-refractivity contribution in [3.05, 3.63) is 35.7 Å².